The lowest BCUT2D eigenvalue weighted by Crippen LogP contribution is -2.59. The van der Waals surface area contributed by atoms with Gasteiger partial charge in [-0.2, -0.15) is 5.26 Å². The lowest BCUT2D eigenvalue weighted by Gasteiger charge is -2.42. The van der Waals surface area contributed by atoms with Crippen LogP contribution in [0.5, 0.6) is 0 Å². The molecule has 11 heteroatoms. The molecule has 39 heavy (non-hydrogen) atoms. The van der Waals surface area contributed by atoms with Gasteiger partial charge >= 0.3 is 0 Å². The Morgan fingerprint density at radius 1 is 1.23 bits per heavy atom. The zero-order valence-corrected chi connectivity index (χ0v) is 24.2. The standard InChI is InChI=1S/C28H44N6O4S/c1-3-14-33-15-11-28(21-29,12-16-33)31-27(35)25(26(32-39(2,36)37)34-17-19-38-20-18-34)24(23-10-7-13-30-23)22-8-5-4-6-9-22/h7,10,13,22,24-25,30H,3-6,8-9,11-12,14-20H2,1-2H3,(H,31,35). The Kier molecular flexibility index (Phi) is 10.1. The van der Waals surface area contributed by atoms with E-state index in [0.29, 0.717) is 39.1 Å². The predicted molar refractivity (Wildman–Crippen MR) is 151 cm³/mol. The van der Waals surface area contributed by atoms with E-state index in [9.17, 15) is 18.5 Å². The topological polar surface area (TPSA) is 131 Å². The Balaban J connectivity index is 1.76. The summed E-state index contributed by atoms with van der Waals surface area (Å²) >= 11 is 0. The first-order valence-corrected chi connectivity index (χ1v) is 16.3. The fraction of sp³-hybridized carbons (Fsp3) is 0.750. The van der Waals surface area contributed by atoms with Crippen LogP contribution in [0, 0.1) is 23.2 Å². The molecule has 3 fully saturated rings. The van der Waals surface area contributed by atoms with Crippen molar-refractivity contribution < 1.29 is 17.9 Å². The monoisotopic (exact) mass is 560 g/mol. The number of carbonyl (C=O) groups is 1. The number of carbonyl (C=O) groups excluding carboxylic acids is 1. The first kappa shape index (κ1) is 29.6. The van der Waals surface area contributed by atoms with Crippen molar-refractivity contribution in [2.45, 2.75) is 69.7 Å². The summed E-state index contributed by atoms with van der Waals surface area (Å²) in [5.74, 6) is -1.03. The van der Waals surface area contributed by atoms with E-state index in [1.165, 1.54) is 0 Å². The number of piperidine rings is 1. The first-order valence-electron chi connectivity index (χ1n) is 14.5. The number of hydrogen-bond donors (Lipinski definition) is 2. The summed E-state index contributed by atoms with van der Waals surface area (Å²) in [5.41, 5.74) is -0.0894. The van der Waals surface area contributed by atoms with Crippen LogP contribution in [0.4, 0.5) is 0 Å². The summed E-state index contributed by atoms with van der Waals surface area (Å²) in [5, 5.41) is 13.4. The molecule has 1 saturated carbocycles. The van der Waals surface area contributed by atoms with E-state index >= 15 is 0 Å². The van der Waals surface area contributed by atoms with E-state index in [0.717, 1.165) is 70.1 Å². The van der Waals surface area contributed by atoms with Gasteiger partial charge in [0.05, 0.1) is 25.5 Å². The molecule has 2 saturated heterocycles. The van der Waals surface area contributed by atoms with E-state index < -0.39 is 21.5 Å². The minimum absolute atomic E-state index is 0.184. The number of amides is 1. The minimum atomic E-state index is -3.81. The highest BCUT2D eigenvalue weighted by molar-refractivity contribution is 7.89. The molecule has 3 aliphatic rings. The molecule has 1 aromatic heterocycles. The molecule has 2 aliphatic heterocycles. The van der Waals surface area contributed by atoms with Crippen LogP contribution >= 0.6 is 0 Å². The van der Waals surface area contributed by atoms with Crippen molar-refractivity contribution in [3.63, 3.8) is 0 Å². The van der Waals surface area contributed by atoms with Crippen LogP contribution < -0.4 is 5.32 Å². The number of amidine groups is 1. The second kappa shape index (κ2) is 13.3. The molecule has 2 N–H and O–H groups in total. The molecule has 4 rings (SSSR count). The quantitative estimate of drug-likeness (QED) is 0.351. The lowest BCUT2D eigenvalue weighted by atomic mass is 9.71. The number of nitriles is 1. The molecule has 10 nitrogen and oxygen atoms in total. The van der Waals surface area contributed by atoms with E-state index in [-0.39, 0.29) is 23.6 Å². The van der Waals surface area contributed by atoms with Crippen LogP contribution in [0.3, 0.4) is 0 Å². The molecule has 216 valence electrons. The number of sulfonamides is 1. The number of morpholine rings is 1. The summed E-state index contributed by atoms with van der Waals surface area (Å²) in [6.45, 7) is 6.36. The van der Waals surface area contributed by atoms with Gasteiger partial charge < -0.3 is 24.8 Å². The average molecular weight is 561 g/mol. The molecule has 1 aromatic rings. The maximum atomic E-state index is 14.5. The molecule has 0 aromatic carbocycles. The van der Waals surface area contributed by atoms with Crippen molar-refractivity contribution in [1.29, 1.82) is 5.26 Å². The van der Waals surface area contributed by atoms with E-state index in [2.05, 4.69) is 32.6 Å². The van der Waals surface area contributed by atoms with Crippen molar-refractivity contribution in [3.8, 4) is 6.07 Å². The van der Waals surface area contributed by atoms with E-state index in [4.69, 9.17) is 4.74 Å². The third-order valence-electron chi connectivity index (χ3n) is 8.48. The number of H-pyrrole nitrogens is 1. The van der Waals surface area contributed by atoms with Crippen molar-refractivity contribution in [3.05, 3.63) is 24.0 Å². The van der Waals surface area contributed by atoms with Gasteiger partial charge in [0, 0.05) is 44.0 Å². The zero-order valence-electron chi connectivity index (χ0n) is 23.4. The highest BCUT2D eigenvalue weighted by Crippen LogP contribution is 2.42. The minimum Gasteiger partial charge on any atom is -0.378 e. The molecule has 0 radical (unpaired) electrons. The number of aromatic nitrogens is 1. The smallest absolute Gasteiger partial charge is 0.251 e. The Morgan fingerprint density at radius 2 is 1.92 bits per heavy atom. The second-order valence-electron chi connectivity index (χ2n) is 11.3. The van der Waals surface area contributed by atoms with Crippen molar-refractivity contribution in [2.75, 3.05) is 52.2 Å². The highest BCUT2D eigenvalue weighted by atomic mass is 32.2. The summed E-state index contributed by atoms with van der Waals surface area (Å²) in [6.07, 6.45) is 10.3. The number of rotatable bonds is 9. The van der Waals surface area contributed by atoms with Gasteiger partial charge in [0.15, 0.2) is 0 Å². The number of likely N-dealkylation sites (tertiary alicyclic amines) is 1. The summed E-state index contributed by atoms with van der Waals surface area (Å²) in [7, 11) is -3.81. The first-order chi connectivity index (χ1) is 18.8. The number of hydrogen-bond acceptors (Lipinski definition) is 6. The Hall–Kier alpha value is -2.42. The van der Waals surface area contributed by atoms with Gasteiger partial charge in [-0.05, 0) is 56.7 Å². The van der Waals surface area contributed by atoms with Crippen LogP contribution in [-0.2, 0) is 19.6 Å². The van der Waals surface area contributed by atoms with Crippen LogP contribution in [0.2, 0.25) is 0 Å². The molecule has 0 spiro atoms. The zero-order chi connectivity index (χ0) is 27.9. The molecule has 0 bridgehead atoms. The predicted octanol–water partition coefficient (Wildman–Crippen LogP) is 2.87. The Bertz CT molecular complexity index is 1110. The maximum Gasteiger partial charge on any atom is 0.251 e. The molecule has 1 aliphatic carbocycles. The molecule has 2 unspecified atom stereocenters. The highest BCUT2D eigenvalue weighted by Gasteiger charge is 2.45. The molecular weight excluding hydrogens is 516 g/mol. The Morgan fingerprint density at radius 3 is 2.49 bits per heavy atom. The third kappa shape index (κ3) is 7.62. The van der Waals surface area contributed by atoms with Gasteiger partial charge in [0.1, 0.15) is 17.3 Å². The second-order valence-corrected chi connectivity index (χ2v) is 13.0. The fourth-order valence-electron chi connectivity index (χ4n) is 6.52. The van der Waals surface area contributed by atoms with Crippen LogP contribution in [0.25, 0.3) is 0 Å². The van der Waals surface area contributed by atoms with Gasteiger partial charge in [-0.1, -0.05) is 26.2 Å². The van der Waals surface area contributed by atoms with Crippen molar-refractivity contribution >= 4 is 21.8 Å². The SMILES string of the molecule is CCCN1CCC(C#N)(NC(=O)C(C(=NS(C)(=O)=O)N2CCOCC2)C(c2ccc[nH]2)C2CCCCC2)CC1. The van der Waals surface area contributed by atoms with Crippen LogP contribution in [0.1, 0.15) is 69.9 Å². The van der Waals surface area contributed by atoms with Gasteiger partial charge in [-0.3, -0.25) is 4.79 Å². The summed E-state index contributed by atoms with van der Waals surface area (Å²) in [4.78, 5) is 22.1. The fourth-order valence-corrected chi connectivity index (χ4v) is 7.09. The number of aromatic amines is 1. The largest absolute Gasteiger partial charge is 0.378 e. The number of nitrogens with one attached hydrogen (secondary N) is 2. The molecular formula is C28H44N6O4S. The third-order valence-corrected chi connectivity index (χ3v) is 9.00. The maximum absolute atomic E-state index is 14.5. The van der Waals surface area contributed by atoms with E-state index in [1.54, 1.807) is 0 Å². The summed E-state index contributed by atoms with van der Waals surface area (Å²) in [6, 6.07) is 6.33. The van der Waals surface area contributed by atoms with Gasteiger partial charge in [-0.25, -0.2) is 8.42 Å². The average Bonchev–Trinajstić information content (AvgIpc) is 3.47. The van der Waals surface area contributed by atoms with Crippen molar-refractivity contribution in [2.24, 2.45) is 16.2 Å². The number of nitrogens with zero attached hydrogens (tertiary/aromatic N) is 4. The summed E-state index contributed by atoms with van der Waals surface area (Å²) < 4.78 is 35.1. The Labute approximate surface area is 233 Å². The van der Waals surface area contributed by atoms with Gasteiger partial charge in [-0.15, -0.1) is 4.40 Å². The van der Waals surface area contributed by atoms with Gasteiger partial charge in [0.25, 0.3) is 10.0 Å². The van der Waals surface area contributed by atoms with Gasteiger partial charge in [0.2, 0.25) is 5.91 Å². The normalized spacial score (nSPS) is 23.1. The van der Waals surface area contributed by atoms with Crippen LogP contribution in [0.15, 0.2) is 22.7 Å². The van der Waals surface area contributed by atoms with Crippen molar-refractivity contribution in [1.82, 2.24) is 20.1 Å². The van der Waals surface area contributed by atoms with E-state index in [1.807, 2.05) is 23.2 Å². The molecule has 1 amide bonds. The number of ether oxygens (including phenoxy) is 1. The molecule has 2 atom stereocenters. The van der Waals surface area contributed by atoms with Crippen LogP contribution in [-0.4, -0.2) is 92.7 Å². The molecule has 3 heterocycles. The lowest BCUT2D eigenvalue weighted by molar-refractivity contribution is -0.126.